The van der Waals surface area contributed by atoms with E-state index in [1.54, 1.807) is 50.6 Å². The molecule has 120 valence electrons. The van der Waals surface area contributed by atoms with Gasteiger partial charge in [-0.1, -0.05) is 17.7 Å². The lowest BCUT2D eigenvalue weighted by molar-refractivity contribution is -0.111. The molecule has 23 heavy (non-hydrogen) atoms. The van der Waals surface area contributed by atoms with E-state index in [9.17, 15) is 4.79 Å². The molecule has 0 atom stereocenters. The summed E-state index contributed by atoms with van der Waals surface area (Å²) in [6, 6.07) is 10.8. The summed E-state index contributed by atoms with van der Waals surface area (Å²) in [7, 11) is 3.15. The van der Waals surface area contributed by atoms with Crippen molar-refractivity contribution in [3.63, 3.8) is 0 Å². The summed E-state index contributed by atoms with van der Waals surface area (Å²) in [5.74, 6) is 1.04. The van der Waals surface area contributed by atoms with Crippen LogP contribution in [0.4, 0.5) is 5.69 Å². The van der Waals surface area contributed by atoms with Crippen LogP contribution in [0.15, 0.2) is 42.5 Å². The van der Waals surface area contributed by atoms with E-state index in [0.717, 1.165) is 16.8 Å². The quantitative estimate of drug-likeness (QED) is 0.830. The third kappa shape index (κ3) is 4.50. The Morgan fingerprint density at radius 1 is 1.09 bits per heavy atom. The number of nitrogens with one attached hydrogen (secondary N) is 1. The van der Waals surface area contributed by atoms with Gasteiger partial charge in [0, 0.05) is 16.8 Å². The zero-order valence-corrected chi connectivity index (χ0v) is 14.0. The van der Waals surface area contributed by atoms with Crippen molar-refractivity contribution < 1.29 is 14.3 Å². The lowest BCUT2D eigenvalue weighted by atomic mass is 10.1. The van der Waals surface area contributed by atoms with Crippen LogP contribution in [0.3, 0.4) is 0 Å². The van der Waals surface area contributed by atoms with Crippen molar-refractivity contribution in [2.45, 2.75) is 6.92 Å². The van der Waals surface area contributed by atoms with E-state index >= 15 is 0 Å². The molecule has 0 radical (unpaired) electrons. The van der Waals surface area contributed by atoms with E-state index < -0.39 is 0 Å². The first kappa shape index (κ1) is 16.9. The number of aryl methyl sites for hydroxylation is 1. The summed E-state index contributed by atoms with van der Waals surface area (Å²) in [5, 5.41) is 3.46. The highest BCUT2D eigenvalue weighted by molar-refractivity contribution is 6.30. The summed E-state index contributed by atoms with van der Waals surface area (Å²) in [6.07, 6.45) is 3.18. The zero-order chi connectivity index (χ0) is 16.8. The normalized spacial score (nSPS) is 10.6. The minimum atomic E-state index is -0.217. The van der Waals surface area contributed by atoms with Gasteiger partial charge in [-0.05, 0) is 54.5 Å². The van der Waals surface area contributed by atoms with Crippen molar-refractivity contribution in [3.05, 3.63) is 58.6 Å². The second-order valence-corrected chi connectivity index (χ2v) is 5.33. The summed E-state index contributed by atoms with van der Waals surface area (Å²) in [6.45, 7) is 1.89. The first-order valence-electron chi connectivity index (χ1n) is 7.00. The van der Waals surface area contributed by atoms with Gasteiger partial charge in [0.2, 0.25) is 5.91 Å². The molecular formula is C18H18ClNO3. The maximum atomic E-state index is 12.0. The predicted molar refractivity (Wildman–Crippen MR) is 93.4 cm³/mol. The van der Waals surface area contributed by atoms with E-state index in [-0.39, 0.29) is 5.91 Å². The molecule has 0 fully saturated rings. The third-order valence-electron chi connectivity index (χ3n) is 3.28. The number of carbonyl (C=O) groups is 1. The molecule has 2 aromatic carbocycles. The average molecular weight is 332 g/mol. The molecule has 0 aliphatic heterocycles. The molecule has 1 N–H and O–H groups in total. The molecule has 0 unspecified atom stereocenters. The van der Waals surface area contributed by atoms with Gasteiger partial charge in [-0.25, -0.2) is 0 Å². The van der Waals surface area contributed by atoms with Crippen LogP contribution in [0.2, 0.25) is 5.02 Å². The molecule has 0 aromatic heterocycles. The van der Waals surface area contributed by atoms with Gasteiger partial charge in [0.15, 0.2) is 11.5 Å². The number of halogens is 1. The van der Waals surface area contributed by atoms with Crippen molar-refractivity contribution in [3.8, 4) is 11.5 Å². The topological polar surface area (TPSA) is 47.6 Å². The highest BCUT2D eigenvalue weighted by Crippen LogP contribution is 2.28. The summed E-state index contributed by atoms with van der Waals surface area (Å²) in [4.78, 5) is 12.0. The van der Waals surface area contributed by atoms with Crippen molar-refractivity contribution in [1.82, 2.24) is 0 Å². The molecule has 0 spiro atoms. The summed E-state index contributed by atoms with van der Waals surface area (Å²) in [5.41, 5.74) is 2.48. The van der Waals surface area contributed by atoms with Crippen molar-refractivity contribution in [2.24, 2.45) is 0 Å². The SMILES string of the molecule is COc1ccc(C=CC(=O)Nc2ccc(Cl)cc2C)cc1OC. The molecule has 0 saturated heterocycles. The van der Waals surface area contributed by atoms with Crippen molar-refractivity contribution in [1.29, 1.82) is 0 Å². The first-order chi connectivity index (χ1) is 11.0. The minimum Gasteiger partial charge on any atom is -0.493 e. The molecule has 2 aromatic rings. The molecule has 1 amide bonds. The second-order valence-electron chi connectivity index (χ2n) is 4.90. The number of hydrogen-bond donors (Lipinski definition) is 1. The van der Waals surface area contributed by atoms with Gasteiger partial charge >= 0.3 is 0 Å². The Labute approximate surface area is 140 Å². The number of hydrogen-bond acceptors (Lipinski definition) is 3. The summed E-state index contributed by atoms with van der Waals surface area (Å²) < 4.78 is 10.4. The maximum Gasteiger partial charge on any atom is 0.248 e. The van der Waals surface area contributed by atoms with Gasteiger partial charge < -0.3 is 14.8 Å². The number of ether oxygens (including phenoxy) is 2. The number of carbonyl (C=O) groups excluding carboxylic acids is 1. The maximum absolute atomic E-state index is 12.0. The van der Waals surface area contributed by atoms with E-state index in [0.29, 0.717) is 16.5 Å². The molecule has 0 saturated carbocycles. The largest absolute Gasteiger partial charge is 0.493 e. The lowest BCUT2D eigenvalue weighted by Gasteiger charge is -2.08. The van der Waals surface area contributed by atoms with Crippen LogP contribution < -0.4 is 14.8 Å². The minimum absolute atomic E-state index is 0.217. The van der Waals surface area contributed by atoms with E-state index in [2.05, 4.69) is 5.32 Å². The number of rotatable bonds is 5. The average Bonchev–Trinajstić information content (AvgIpc) is 2.55. The van der Waals surface area contributed by atoms with Gasteiger partial charge in [-0.3, -0.25) is 4.79 Å². The first-order valence-corrected chi connectivity index (χ1v) is 7.38. The Morgan fingerprint density at radius 3 is 2.48 bits per heavy atom. The van der Waals surface area contributed by atoms with Gasteiger partial charge in [0.05, 0.1) is 14.2 Å². The predicted octanol–water partition coefficient (Wildman–Crippen LogP) is 4.32. The fraction of sp³-hybridized carbons (Fsp3) is 0.167. The van der Waals surface area contributed by atoms with Gasteiger partial charge in [0.25, 0.3) is 0 Å². The number of anilines is 1. The second kappa shape index (κ2) is 7.70. The van der Waals surface area contributed by atoms with Crippen LogP contribution in [0, 0.1) is 6.92 Å². The van der Waals surface area contributed by atoms with Crippen LogP contribution in [0.1, 0.15) is 11.1 Å². The smallest absolute Gasteiger partial charge is 0.248 e. The molecule has 5 heteroatoms. The van der Waals surface area contributed by atoms with Crippen molar-refractivity contribution in [2.75, 3.05) is 19.5 Å². The zero-order valence-electron chi connectivity index (χ0n) is 13.2. The summed E-state index contributed by atoms with van der Waals surface area (Å²) >= 11 is 5.90. The van der Waals surface area contributed by atoms with Crippen LogP contribution in [0.25, 0.3) is 6.08 Å². The number of benzene rings is 2. The fourth-order valence-corrected chi connectivity index (χ4v) is 2.30. The van der Waals surface area contributed by atoms with Gasteiger partial charge in [-0.15, -0.1) is 0 Å². The monoisotopic (exact) mass is 331 g/mol. The molecule has 0 heterocycles. The Hall–Kier alpha value is -2.46. The van der Waals surface area contributed by atoms with Crippen molar-refractivity contribution >= 4 is 29.3 Å². The Bertz CT molecular complexity index is 741. The number of amides is 1. The van der Waals surface area contributed by atoms with Crippen LogP contribution in [-0.4, -0.2) is 20.1 Å². The van der Waals surface area contributed by atoms with Gasteiger partial charge in [-0.2, -0.15) is 0 Å². The highest BCUT2D eigenvalue weighted by Gasteiger charge is 2.04. The molecule has 0 bridgehead atoms. The Balaban J connectivity index is 2.09. The Morgan fingerprint density at radius 2 is 1.83 bits per heavy atom. The van der Waals surface area contributed by atoms with E-state index in [1.807, 2.05) is 13.0 Å². The van der Waals surface area contributed by atoms with Crippen LogP contribution in [-0.2, 0) is 4.79 Å². The molecule has 0 aliphatic rings. The third-order valence-corrected chi connectivity index (χ3v) is 3.52. The fourth-order valence-electron chi connectivity index (χ4n) is 2.07. The lowest BCUT2D eigenvalue weighted by Crippen LogP contribution is -2.08. The molecule has 0 aliphatic carbocycles. The van der Waals surface area contributed by atoms with Gasteiger partial charge in [0.1, 0.15) is 0 Å². The number of methoxy groups -OCH3 is 2. The molecular weight excluding hydrogens is 314 g/mol. The van der Waals surface area contributed by atoms with Crippen LogP contribution in [0.5, 0.6) is 11.5 Å². The van der Waals surface area contributed by atoms with E-state index in [1.165, 1.54) is 6.08 Å². The highest BCUT2D eigenvalue weighted by atomic mass is 35.5. The van der Waals surface area contributed by atoms with Crippen LogP contribution >= 0.6 is 11.6 Å². The van der Waals surface area contributed by atoms with E-state index in [4.69, 9.17) is 21.1 Å². The molecule has 4 nitrogen and oxygen atoms in total. The molecule has 2 rings (SSSR count). The Kier molecular flexibility index (Phi) is 5.66. The standard InChI is InChI=1S/C18H18ClNO3/c1-12-10-14(19)6-7-15(12)20-18(21)9-5-13-4-8-16(22-2)17(11-13)23-3/h4-11H,1-3H3,(H,20,21).